The Balaban J connectivity index is 2.20. The molecule has 6 nitrogen and oxygen atoms in total. The van der Waals surface area contributed by atoms with Crippen molar-refractivity contribution < 1.29 is 19.1 Å². The van der Waals surface area contributed by atoms with E-state index in [0.717, 1.165) is 16.9 Å². The number of nitrogens with zero attached hydrogens (tertiary/aromatic N) is 1. The standard InChI is InChI=1S/C25H33ClN2O4/c1-6-23(25(30)27-14-17(2)3)28(15-19-7-9-20(31-5)10-8-19)24(29)16-32-21-11-12-22(26)18(4)13-21/h7-13,17,23H,6,14-16H2,1-5H3,(H,27,30)/t23-/m1/s1. The Morgan fingerprint density at radius 2 is 1.75 bits per heavy atom. The molecule has 0 aliphatic heterocycles. The first-order valence-electron chi connectivity index (χ1n) is 10.8. The zero-order valence-electron chi connectivity index (χ0n) is 19.5. The maximum absolute atomic E-state index is 13.2. The normalized spacial score (nSPS) is 11.7. The number of ether oxygens (including phenoxy) is 2. The van der Waals surface area contributed by atoms with Crippen LogP contribution in [0.3, 0.4) is 0 Å². The van der Waals surface area contributed by atoms with Gasteiger partial charge < -0.3 is 19.7 Å². The van der Waals surface area contributed by atoms with Crippen molar-refractivity contribution in [1.82, 2.24) is 10.2 Å². The number of amides is 2. The molecule has 1 atom stereocenters. The van der Waals surface area contributed by atoms with Crippen molar-refractivity contribution in [2.75, 3.05) is 20.3 Å². The van der Waals surface area contributed by atoms with E-state index in [1.165, 1.54) is 0 Å². The molecule has 0 saturated carbocycles. The number of aryl methyl sites for hydroxylation is 1. The maximum Gasteiger partial charge on any atom is 0.261 e. The quantitative estimate of drug-likeness (QED) is 0.531. The van der Waals surface area contributed by atoms with Crippen molar-refractivity contribution in [3.63, 3.8) is 0 Å². The highest BCUT2D eigenvalue weighted by molar-refractivity contribution is 6.31. The zero-order chi connectivity index (χ0) is 23.7. The number of rotatable bonds is 11. The SMILES string of the molecule is CC[C@H](C(=O)NCC(C)C)N(Cc1ccc(OC)cc1)C(=O)COc1ccc(Cl)c(C)c1. The summed E-state index contributed by atoms with van der Waals surface area (Å²) in [5.74, 6) is 1.18. The van der Waals surface area contributed by atoms with Crippen molar-refractivity contribution in [1.29, 1.82) is 0 Å². The molecular weight excluding hydrogens is 428 g/mol. The maximum atomic E-state index is 13.2. The molecule has 2 aromatic carbocycles. The molecule has 0 saturated heterocycles. The molecule has 2 rings (SSSR count). The number of nitrogens with one attached hydrogen (secondary N) is 1. The Bertz CT molecular complexity index is 899. The third-order valence-corrected chi connectivity index (χ3v) is 5.50. The van der Waals surface area contributed by atoms with Crippen LogP contribution in [0, 0.1) is 12.8 Å². The van der Waals surface area contributed by atoms with Crippen molar-refractivity contribution in [3.05, 3.63) is 58.6 Å². The van der Waals surface area contributed by atoms with Gasteiger partial charge in [-0.2, -0.15) is 0 Å². The molecular formula is C25H33ClN2O4. The summed E-state index contributed by atoms with van der Waals surface area (Å²) in [6.07, 6.45) is 0.492. The van der Waals surface area contributed by atoms with Gasteiger partial charge in [0.1, 0.15) is 17.5 Å². The summed E-state index contributed by atoms with van der Waals surface area (Å²) in [5, 5.41) is 3.59. The van der Waals surface area contributed by atoms with E-state index in [1.807, 2.05) is 52.0 Å². The smallest absolute Gasteiger partial charge is 0.261 e. The van der Waals surface area contributed by atoms with Gasteiger partial charge in [-0.25, -0.2) is 0 Å². The number of carbonyl (C=O) groups is 2. The first-order valence-corrected chi connectivity index (χ1v) is 11.2. The lowest BCUT2D eigenvalue weighted by molar-refractivity contribution is -0.143. The zero-order valence-corrected chi connectivity index (χ0v) is 20.2. The third kappa shape index (κ3) is 7.45. The summed E-state index contributed by atoms with van der Waals surface area (Å²) in [6, 6.07) is 12.1. The molecule has 0 aliphatic rings. The average molecular weight is 461 g/mol. The number of carbonyl (C=O) groups excluding carboxylic acids is 2. The molecule has 2 aromatic rings. The van der Waals surface area contributed by atoms with Gasteiger partial charge in [0.25, 0.3) is 5.91 Å². The minimum absolute atomic E-state index is 0.162. The Morgan fingerprint density at radius 1 is 1.09 bits per heavy atom. The molecule has 1 N–H and O–H groups in total. The largest absolute Gasteiger partial charge is 0.497 e. The Morgan fingerprint density at radius 3 is 2.31 bits per heavy atom. The Kier molecular flexibility index (Phi) is 9.85. The summed E-state index contributed by atoms with van der Waals surface area (Å²) in [6.45, 7) is 8.51. The van der Waals surface area contributed by atoms with Crippen molar-refractivity contribution >= 4 is 23.4 Å². The van der Waals surface area contributed by atoms with Gasteiger partial charge in [0.15, 0.2) is 6.61 Å². The molecule has 0 bridgehead atoms. The van der Waals surface area contributed by atoms with E-state index in [4.69, 9.17) is 21.1 Å². The number of halogens is 1. The molecule has 0 fully saturated rings. The van der Waals surface area contributed by atoms with E-state index in [-0.39, 0.29) is 18.4 Å². The lowest BCUT2D eigenvalue weighted by Gasteiger charge is -2.31. The van der Waals surface area contributed by atoms with Crippen molar-refractivity contribution in [2.45, 2.75) is 46.7 Å². The number of methoxy groups -OCH3 is 1. The average Bonchev–Trinajstić information content (AvgIpc) is 2.78. The second-order valence-corrected chi connectivity index (χ2v) is 8.54. The van der Waals surface area contributed by atoms with Gasteiger partial charge in [0.05, 0.1) is 7.11 Å². The molecule has 0 heterocycles. The fraction of sp³-hybridized carbons (Fsp3) is 0.440. The van der Waals surface area contributed by atoms with Crippen LogP contribution in [0.2, 0.25) is 5.02 Å². The molecule has 32 heavy (non-hydrogen) atoms. The predicted octanol–water partition coefficient (Wildman–Crippen LogP) is 4.62. The van der Waals surface area contributed by atoms with Crippen molar-refractivity contribution in [2.24, 2.45) is 5.92 Å². The molecule has 0 aliphatic carbocycles. The lowest BCUT2D eigenvalue weighted by Crippen LogP contribution is -2.50. The number of hydrogen-bond donors (Lipinski definition) is 1. The first kappa shape index (κ1) is 25.5. The predicted molar refractivity (Wildman–Crippen MR) is 127 cm³/mol. The van der Waals surface area contributed by atoms with Gasteiger partial charge in [0, 0.05) is 18.1 Å². The Hall–Kier alpha value is -2.73. The summed E-state index contributed by atoms with van der Waals surface area (Å²) < 4.78 is 10.9. The van der Waals surface area contributed by atoms with E-state index in [2.05, 4.69) is 5.32 Å². The highest BCUT2D eigenvalue weighted by Crippen LogP contribution is 2.22. The van der Waals surface area contributed by atoms with Gasteiger partial charge in [-0.05, 0) is 60.7 Å². The molecule has 0 aromatic heterocycles. The second-order valence-electron chi connectivity index (χ2n) is 8.13. The second kappa shape index (κ2) is 12.3. The summed E-state index contributed by atoms with van der Waals surface area (Å²) >= 11 is 6.07. The van der Waals surface area contributed by atoms with Crippen LogP contribution >= 0.6 is 11.6 Å². The van der Waals surface area contributed by atoms with Crippen LogP contribution in [-0.4, -0.2) is 43.0 Å². The topological polar surface area (TPSA) is 67.9 Å². The fourth-order valence-electron chi connectivity index (χ4n) is 3.20. The van der Waals surface area contributed by atoms with Gasteiger partial charge in [-0.15, -0.1) is 0 Å². The minimum Gasteiger partial charge on any atom is -0.497 e. The first-order chi connectivity index (χ1) is 15.2. The van der Waals surface area contributed by atoms with Crippen LogP contribution in [-0.2, 0) is 16.1 Å². The molecule has 0 spiro atoms. The van der Waals surface area contributed by atoms with Crippen LogP contribution in [0.1, 0.15) is 38.3 Å². The van der Waals surface area contributed by atoms with E-state index in [0.29, 0.717) is 36.2 Å². The lowest BCUT2D eigenvalue weighted by atomic mass is 10.1. The van der Waals surface area contributed by atoms with E-state index >= 15 is 0 Å². The van der Waals surface area contributed by atoms with Gasteiger partial charge in [-0.1, -0.05) is 44.5 Å². The molecule has 0 unspecified atom stereocenters. The van der Waals surface area contributed by atoms with Crippen LogP contribution in [0.15, 0.2) is 42.5 Å². The van der Waals surface area contributed by atoms with Crippen molar-refractivity contribution in [3.8, 4) is 11.5 Å². The monoisotopic (exact) mass is 460 g/mol. The molecule has 0 radical (unpaired) electrons. The van der Waals surface area contributed by atoms with Crippen LogP contribution in [0.5, 0.6) is 11.5 Å². The summed E-state index contributed by atoms with van der Waals surface area (Å²) in [5.41, 5.74) is 1.77. The molecule has 174 valence electrons. The van der Waals surface area contributed by atoms with Crippen LogP contribution < -0.4 is 14.8 Å². The summed E-state index contributed by atoms with van der Waals surface area (Å²) in [4.78, 5) is 27.7. The van der Waals surface area contributed by atoms with Gasteiger partial charge >= 0.3 is 0 Å². The molecule has 2 amide bonds. The van der Waals surface area contributed by atoms with Crippen LogP contribution in [0.25, 0.3) is 0 Å². The number of benzene rings is 2. The van der Waals surface area contributed by atoms with E-state index in [9.17, 15) is 9.59 Å². The highest BCUT2D eigenvalue weighted by Gasteiger charge is 2.29. The minimum atomic E-state index is -0.598. The Labute approximate surface area is 195 Å². The van der Waals surface area contributed by atoms with Gasteiger partial charge in [-0.3, -0.25) is 9.59 Å². The fourth-order valence-corrected chi connectivity index (χ4v) is 3.32. The van der Waals surface area contributed by atoms with E-state index < -0.39 is 6.04 Å². The van der Waals surface area contributed by atoms with Crippen LogP contribution in [0.4, 0.5) is 0 Å². The van der Waals surface area contributed by atoms with E-state index in [1.54, 1.807) is 30.2 Å². The summed E-state index contributed by atoms with van der Waals surface area (Å²) in [7, 11) is 1.60. The third-order valence-electron chi connectivity index (χ3n) is 5.07. The number of hydrogen-bond acceptors (Lipinski definition) is 4. The highest BCUT2D eigenvalue weighted by atomic mass is 35.5. The molecule has 7 heteroatoms. The van der Waals surface area contributed by atoms with Gasteiger partial charge in [0.2, 0.25) is 5.91 Å².